The summed E-state index contributed by atoms with van der Waals surface area (Å²) in [6, 6.07) is 5.42. The Kier molecular flexibility index (Phi) is 3.92. The number of anilines is 1. The van der Waals surface area contributed by atoms with Crippen molar-refractivity contribution < 1.29 is 19.1 Å². The summed E-state index contributed by atoms with van der Waals surface area (Å²) in [7, 11) is 1.45. The Morgan fingerprint density at radius 3 is 2.55 bits per heavy atom. The van der Waals surface area contributed by atoms with E-state index in [2.05, 4.69) is 5.32 Å². The molecule has 2 N–H and O–H groups in total. The number of nitrogens with one attached hydrogen (secondary N) is 1. The molecule has 0 saturated heterocycles. The Morgan fingerprint density at radius 1 is 1.40 bits per heavy atom. The largest absolute Gasteiger partial charge is 0.481 e. The average molecular weight is 280 g/mol. The van der Waals surface area contributed by atoms with Crippen molar-refractivity contribution in [2.75, 3.05) is 18.5 Å². The van der Waals surface area contributed by atoms with Gasteiger partial charge in [-0.05, 0) is 25.0 Å². The number of urea groups is 1. The van der Waals surface area contributed by atoms with E-state index in [1.165, 1.54) is 19.2 Å². The highest BCUT2D eigenvalue weighted by Gasteiger charge is 2.44. The lowest BCUT2D eigenvalue weighted by atomic mass is 9.69. The van der Waals surface area contributed by atoms with Gasteiger partial charge in [-0.2, -0.15) is 0 Å². The van der Waals surface area contributed by atoms with Gasteiger partial charge in [0.25, 0.3) is 0 Å². The van der Waals surface area contributed by atoms with Gasteiger partial charge in [-0.1, -0.05) is 18.6 Å². The Hall–Kier alpha value is -2.11. The average Bonchev–Trinajstić information content (AvgIpc) is 2.36. The summed E-state index contributed by atoms with van der Waals surface area (Å²) in [6.45, 7) is 0.0694. The first kappa shape index (κ1) is 14.3. The van der Waals surface area contributed by atoms with Gasteiger partial charge < -0.3 is 10.4 Å². The van der Waals surface area contributed by atoms with E-state index in [4.69, 9.17) is 0 Å². The fraction of sp³-hybridized carbons (Fsp3) is 0.429. The number of hydrogen-bond donors (Lipinski definition) is 2. The predicted octanol–water partition coefficient (Wildman–Crippen LogP) is 2.23. The number of amides is 2. The molecule has 1 aromatic carbocycles. The molecule has 5 nitrogen and oxygen atoms in total. The van der Waals surface area contributed by atoms with Gasteiger partial charge in [0.15, 0.2) is 0 Å². The fourth-order valence-corrected chi connectivity index (χ4v) is 2.27. The Morgan fingerprint density at radius 2 is 2.05 bits per heavy atom. The summed E-state index contributed by atoms with van der Waals surface area (Å²) in [5.74, 6) is -1.39. The van der Waals surface area contributed by atoms with Crippen molar-refractivity contribution in [1.82, 2.24) is 5.32 Å². The topological polar surface area (TPSA) is 69.6 Å². The smallest absolute Gasteiger partial charge is 0.321 e. The van der Waals surface area contributed by atoms with Gasteiger partial charge >= 0.3 is 12.0 Å². The van der Waals surface area contributed by atoms with E-state index in [0.717, 1.165) is 11.3 Å². The maximum atomic E-state index is 13.6. The van der Waals surface area contributed by atoms with E-state index >= 15 is 0 Å². The molecule has 1 aliphatic carbocycles. The van der Waals surface area contributed by atoms with Crippen LogP contribution in [0.15, 0.2) is 24.3 Å². The van der Waals surface area contributed by atoms with Crippen LogP contribution in [0, 0.1) is 11.2 Å². The molecule has 1 aromatic rings. The molecular weight excluding hydrogens is 263 g/mol. The van der Waals surface area contributed by atoms with E-state index in [-0.39, 0.29) is 12.2 Å². The maximum Gasteiger partial charge on any atom is 0.321 e. The zero-order chi connectivity index (χ0) is 14.8. The van der Waals surface area contributed by atoms with Crippen molar-refractivity contribution in [2.24, 2.45) is 5.41 Å². The summed E-state index contributed by atoms with van der Waals surface area (Å²) in [4.78, 5) is 24.3. The number of carboxylic acid groups (broad SMARTS) is 1. The van der Waals surface area contributed by atoms with Gasteiger partial charge in [-0.3, -0.25) is 9.69 Å². The highest BCUT2D eigenvalue weighted by atomic mass is 19.1. The number of para-hydroxylation sites is 1. The van der Waals surface area contributed by atoms with E-state index in [9.17, 15) is 19.1 Å². The van der Waals surface area contributed by atoms with Crippen LogP contribution in [0.4, 0.5) is 14.9 Å². The highest BCUT2D eigenvalue weighted by molar-refractivity contribution is 5.92. The number of carboxylic acids is 1. The molecule has 20 heavy (non-hydrogen) atoms. The lowest BCUT2D eigenvalue weighted by molar-refractivity contribution is -0.153. The summed E-state index contributed by atoms with van der Waals surface area (Å²) in [5, 5.41) is 11.7. The number of carbonyl (C=O) groups excluding carboxylic acids is 1. The molecule has 0 radical (unpaired) electrons. The van der Waals surface area contributed by atoms with Crippen LogP contribution >= 0.6 is 0 Å². The first-order chi connectivity index (χ1) is 9.46. The van der Waals surface area contributed by atoms with Gasteiger partial charge in [0.05, 0.1) is 11.1 Å². The van der Waals surface area contributed by atoms with Gasteiger partial charge in [-0.25, -0.2) is 9.18 Å². The van der Waals surface area contributed by atoms with E-state index in [0.29, 0.717) is 12.8 Å². The van der Waals surface area contributed by atoms with Gasteiger partial charge in [0.2, 0.25) is 0 Å². The normalized spacial score (nSPS) is 16.1. The number of aliphatic carboxylic acids is 1. The summed E-state index contributed by atoms with van der Waals surface area (Å²) in [5.41, 5.74) is -0.700. The minimum absolute atomic E-state index is 0.0694. The third kappa shape index (κ3) is 2.59. The Bertz CT molecular complexity index is 529. The van der Waals surface area contributed by atoms with E-state index < -0.39 is 23.2 Å². The molecule has 0 aromatic heterocycles. The number of carbonyl (C=O) groups is 2. The van der Waals surface area contributed by atoms with Crippen molar-refractivity contribution in [1.29, 1.82) is 0 Å². The predicted molar refractivity (Wildman–Crippen MR) is 72.1 cm³/mol. The van der Waals surface area contributed by atoms with E-state index in [1.807, 2.05) is 0 Å². The first-order valence-corrected chi connectivity index (χ1v) is 6.46. The third-order valence-corrected chi connectivity index (χ3v) is 3.86. The van der Waals surface area contributed by atoms with Crippen molar-refractivity contribution in [3.05, 3.63) is 30.1 Å². The standard InChI is InChI=1S/C14H17FN2O3/c1-17(11-6-3-2-5-10(11)15)13(20)16-9-14(12(18)19)7-4-8-14/h2-3,5-6H,4,7-9H2,1H3,(H,16,20)(H,18,19). The molecule has 2 rings (SSSR count). The summed E-state index contributed by atoms with van der Waals surface area (Å²) < 4.78 is 13.6. The molecule has 1 fully saturated rings. The monoisotopic (exact) mass is 280 g/mol. The van der Waals surface area contributed by atoms with Crippen molar-refractivity contribution in [2.45, 2.75) is 19.3 Å². The highest BCUT2D eigenvalue weighted by Crippen LogP contribution is 2.40. The first-order valence-electron chi connectivity index (χ1n) is 6.46. The summed E-state index contributed by atoms with van der Waals surface area (Å²) >= 11 is 0. The molecule has 1 saturated carbocycles. The molecule has 0 atom stereocenters. The quantitative estimate of drug-likeness (QED) is 0.888. The second kappa shape index (κ2) is 5.48. The third-order valence-electron chi connectivity index (χ3n) is 3.86. The number of halogens is 1. The molecular formula is C14H17FN2O3. The van der Waals surface area contributed by atoms with Crippen LogP contribution < -0.4 is 10.2 Å². The van der Waals surface area contributed by atoms with Crippen LogP contribution in [-0.2, 0) is 4.79 Å². The van der Waals surface area contributed by atoms with Crippen LogP contribution in [0.25, 0.3) is 0 Å². The zero-order valence-electron chi connectivity index (χ0n) is 11.2. The van der Waals surface area contributed by atoms with Crippen molar-refractivity contribution in [3.63, 3.8) is 0 Å². The number of rotatable bonds is 4. The van der Waals surface area contributed by atoms with Crippen LogP contribution in [0.1, 0.15) is 19.3 Å². The van der Waals surface area contributed by atoms with Gasteiger partial charge in [-0.15, -0.1) is 0 Å². The number of benzene rings is 1. The van der Waals surface area contributed by atoms with Crippen molar-refractivity contribution in [3.8, 4) is 0 Å². The minimum atomic E-state index is -0.891. The van der Waals surface area contributed by atoms with Crippen molar-refractivity contribution >= 4 is 17.7 Å². The Labute approximate surface area is 116 Å². The molecule has 0 bridgehead atoms. The number of hydrogen-bond acceptors (Lipinski definition) is 2. The van der Waals surface area contributed by atoms with Crippen LogP contribution in [0.5, 0.6) is 0 Å². The Balaban J connectivity index is 1.99. The molecule has 6 heteroatoms. The second-order valence-corrected chi connectivity index (χ2v) is 5.11. The SMILES string of the molecule is CN(C(=O)NCC1(C(=O)O)CCC1)c1ccccc1F. The lowest BCUT2D eigenvalue weighted by Crippen LogP contribution is -2.50. The molecule has 0 heterocycles. The molecule has 0 spiro atoms. The van der Waals surface area contributed by atoms with Crippen LogP contribution in [0.2, 0.25) is 0 Å². The molecule has 108 valence electrons. The van der Waals surface area contributed by atoms with E-state index in [1.54, 1.807) is 12.1 Å². The molecule has 1 aliphatic rings. The molecule has 0 aliphatic heterocycles. The molecule has 0 unspecified atom stereocenters. The minimum Gasteiger partial charge on any atom is -0.481 e. The fourth-order valence-electron chi connectivity index (χ4n) is 2.27. The van der Waals surface area contributed by atoms with Gasteiger partial charge in [0.1, 0.15) is 5.82 Å². The number of nitrogens with zero attached hydrogens (tertiary/aromatic N) is 1. The van der Waals surface area contributed by atoms with Crippen LogP contribution in [-0.4, -0.2) is 30.7 Å². The molecule has 2 amide bonds. The lowest BCUT2D eigenvalue weighted by Gasteiger charge is -2.37. The summed E-state index contributed by atoms with van der Waals surface area (Å²) in [6.07, 6.45) is 1.98. The van der Waals surface area contributed by atoms with Crippen LogP contribution in [0.3, 0.4) is 0 Å². The maximum absolute atomic E-state index is 13.6. The second-order valence-electron chi connectivity index (χ2n) is 5.11. The zero-order valence-corrected chi connectivity index (χ0v) is 11.2. The van der Waals surface area contributed by atoms with Gasteiger partial charge in [0, 0.05) is 13.6 Å².